The van der Waals surface area contributed by atoms with Crippen LogP contribution >= 0.6 is 15.9 Å². The molecule has 11 heavy (non-hydrogen) atoms. The zero-order valence-electron chi connectivity index (χ0n) is 6.34. The minimum Gasteiger partial charge on any atom is -0.463 e. The molecule has 0 aromatic rings. The van der Waals surface area contributed by atoms with Crippen molar-refractivity contribution in [1.29, 1.82) is 0 Å². The van der Waals surface area contributed by atoms with E-state index in [1.807, 2.05) is 0 Å². The molecule has 0 fully saturated rings. The Labute approximate surface area is 74.2 Å². The molecule has 0 aliphatic heterocycles. The van der Waals surface area contributed by atoms with Gasteiger partial charge in [-0.2, -0.15) is 0 Å². The van der Waals surface area contributed by atoms with Crippen LogP contribution in [0.4, 0.5) is 0 Å². The first-order valence-corrected chi connectivity index (χ1v) is 4.13. The first kappa shape index (κ1) is 10.7. The van der Waals surface area contributed by atoms with Gasteiger partial charge >= 0.3 is 5.97 Å². The number of hydrogen-bond donors (Lipinski definition) is 1. The lowest BCUT2D eigenvalue weighted by Crippen LogP contribution is -2.00. The lowest BCUT2D eigenvalue weighted by atomic mass is 10.4. The van der Waals surface area contributed by atoms with Gasteiger partial charge in [0.05, 0.1) is 6.61 Å². The molecule has 0 bridgehead atoms. The molecule has 0 aromatic carbocycles. The molecular formula is C7H11BrO3. The third kappa shape index (κ3) is 6.06. The Bertz CT molecular complexity index is 154. The van der Waals surface area contributed by atoms with E-state index in [4.69, 9.17) is 5.11 Å². The molecular weight excluding hydrogens is 212 g/mol. The number of carbonyl (C=O) groups is 1. The average molecular weight is 223 g/mol. The Kier molecular flexibility index (Phi) is 6.16. The molecule has 0 rings (SSSR count). The van der Waals surface area contributed by atoms with Crippen molar-refractivity contribution in [3.63, 3.8) is 0 Å². The largest absolute Gasteiger partial charge is 0.463 e. The summed E-state index contributed by atoms with van der Waals surface area (Å²) >= 11 is 3.11. The van der Waals surface area contributed by atoms with Gasteiger partial charge in [0, 0.05) is 23.6 Å². The number of esters is 1. The number of halogens is 1. The molecule has 0 aromatic heterocycles. The van der Waals surface area contributed by atoms with Crippen molar-refractivity contribution in [3.05, 3.63) is 10.6 Å². The van der Waals surface area contributed by atoms with Crippen LogP contribution < -0.4 is 0 Å². The average Bonchev–Trinajstić information content (AvgIpc) is 1.87. The second-order valence-corrected chi connectivity index (χ2v) is 2.84. The van der Waals surface area contributed by atoms with Crippen LogP contribution in [0.15, 0.2) is 10.6 Å². The van der Waals surface area contributed by atoms with Crippen molar-refractivity contribution in [2.75, 3.05) is 13.2 Å². The molecule has 3 nitrogen and oxygen atoms in total. The third-order valence-corrected chi connectivity index (χ3v) is 1.54. The summed E-state index contributed by atoms with van der Waals surface area (Å²) in [6, 6.07) is 0. The Hall–Kier alpha value is -0.350. The molecule has 0 amide bonds. The molecule has 1 N–H and O–H groups in total. The highest BCUT2D eigenvalue weighted by Crippen LogP contribution is 2.08. The van der Waals surface area contributed by atoms with E-state index in [0.29, 0.717) is 17.5 Å². The minimum atomic E-state index is -0.382. The number of ether oxygens (including phenoxy) is 1. The summed E-state index contributed by atoms with van der Waals surface area (Å²) < 4.78 is 5.28. The highest BCUT2D eigenvalue weighted by molar-refractivity contribution is 9.11. The minimum absolute atomic E-state index is 0.0243. The van der Waals surface area contributed by atoms with E-state index >= 15 is 0 Å². The quantitative estimate of drug-likeness (QED) is 0.575. The van der Waals surface area contributed by atoms with Gasteiger partial charge < -0.3 is 9.84 Å². The molecule has 64 valence electrons. The van der Waals surface area contributed by atoms with Crippen molar-refractivity contribution in [1.82, 2.24) is 0 Å². The van der Waals surface area contributed by atoms with Crippen molar-refractivity contribution in [2.45, 2.75) is 13.3 Å². The fourth-order valence-corrected chi connectivity index (χ4v) is 0.855. The molecule has 0 heterocycles. The number of rotatable bonds is 4. The van der Waals surface area contributed by atoms with Gasteiger partial charge in [-0.25, -0.2) is 4.79 Å². The maximum Gasteiger partial charge on any atom is 0.331 e. The monoisotopic (exact) mass is 222 g/mol. The molecule has 0 spiro atoms. The number of carbonyl (C=O) groups excluding carboxylic acids is 1. The summed E-state index contributed by atoms with van der Waals surface area (Å²) in [5, 5.41) is 8.46. The molecule has 0 atom stereocenters. The van der Waals surface area contributed by atoms with Gasteiger partial charge in [-0.05, 0) is 6.92 Å². The Balaban J connectivity index is 3.76. The molecule has 0 radical (unpaired) electrons. The first-order valence-electron chi connectivity index (χ1n) is 3.34. The van der Waals surface area contributed by atoms with Crippen molar-refractivity contribution in [2.24, 2.45) is 0 Å². The molecule has 0 aliphatic rings. The summed E-state index contributed by atoms with van der Waals surface area (Å²) in [7, 11) is 0. The SMILES string of the molecule is CCOC(=O)/C=C(\Br)CCO. The summed E-state index contributed by atoms with van der Waals surface area (Å²) in [6.45, 7) is 2.14. The van der Waals surface area contributed by atoms with E-state index in [1.165, 1.54) is 6.08 Å². The summed E-state index contributed by atoms with van der Waals surface area (Å²) in [6.07, 6.45) is 1.76. The van der Waals surface area contributed by atoms with Crippen LogP contribution in [0, 0.1) is 0 Å². The van der Waals surface area contributed by atoms with Crippen molar-refractivity contribution < 1.29 is 14.6 Å². The summed E-state index contributed by atoms with van der Waals surface area (Å²) in [4.78, 5) is 10.7. The van der Waals surface area contributed by atoms with Gasteiger partial charge in [0.25, 0.3) is 0 Å². The second-order valence-electron chi connectivity index (χ2n) is 1.82. The zero-order chi connectivity index (χ0) is 8.69. The second kappa shape index (κ2) is 6.37. The van der Waals surface area contributed by atoms with Gasteiger partial charge in [0.2, 0.25) is 0 Å². The fourth-order valence-electron chi connectivity index (χ4n) is 0.491. The van der Waals surface area contributed by atoms with E-state index in [2.05, 4.69) is 20.7 Å². The third-order valence-electron chi connectivity index (χ3n) is 0.912. The van der Waals surface area contributed by atoms with E-state index in [9.17, 15) is 4.79 Å². The van der Waals surface area contributed by atoms with Gasteiger partial charge in [0.15, 0.2) is 0 Å². The van der Waals surface area contributed by atoms with Crippen LogP contribution in [0.5, 0.6) is 0 Å². The molecule has 0 saturated carbocycles. The first-order chi connectivity index (χ1) is 5.20. The van der Waals surface area contributed by atoms with Gasteiger partial charge in [-0.3, -0.25) is 0 Å². The van der Waals surface area contributed by atoms with Crippen LogP contribution in [0.25, 0.3) is 0 Å². The van der Waals surface area contributed by atoms with Crippen LogP contribution in [-0.2, 0) is 9.53 Å². The van der Waals surface area contributed by atoms with Crippen LogP contribution in [0.2, 0.25) is 0 Å². The molecule has 0 aliphatic carbocycles. The predicted molar refractivity (Wildman–Crippen MR) is 45.3 cm³/mol. The van der Waals surface area contributed by atoms with Crippen LogP contribution in [0.1, 0.15) is 13.3 Å². The van der Waals surface area contributed by atoms with Gasteiger partial charge in [-0.1, -0.05) is 15.9 Å². The Morgan fingerprint density at radius 3 is 2.82 bits per heavy atom. The maximum absolute atomic E-state index is 10.7. The fraction of sp³-hybridized carbons (Fsp3) is 0.571. The summed E-state index contributed by atoms with van der Waals surface area (Å²) in [5.41, 5.74) is 0. The molecule has 4 heteroatoms. The number of aliphatic hydroxyl groups excluding tert-OH is 1. The number of aliphatic hydroxyl groups is 1. The highest BCUT2D eigenvalue weighted by Gasteiger charge is 1.97. The van der Waals surface area contributed by atoms with Gasteiger partial charge in [-0.15, -0.1) is 0 Å². The molecule has 0 unspecified atom stereocenters. The highest BCUT2D eigenvalue weighted by atomic mass is 79.9. The standard InChI is InChI=1S/C7H11BrO3/c1-2-11-7(10)5-6(8)3-4-9/h5,9H,2-4H2,1H3/b6-5-. The van der Waals surface area contributed by atoms with Crippen LogP contribution in [-0.4, -0.2) is 24.3 Å². The Morgan fingerprint density at radius 1 is 1.73 bits per heavy atom. The van der Waals surface area contributed by atoms with Crippen molar-refractivity contribution in [3.8, 4) is 0 Å². The maximum atomic E-state index is 10.7. The van der Waals surface area contributed by atoms with Crippen molar-refractivity contribution >= 4 is 21.9 Å². The zero-order valence-corrected chi connectivity index (χ0v) is 7.93. The van der Waals surface area contributed by atoms with E-state index in [0.717, 1.165) is 0 Å². The summed E-state index contributed by atoms with van der Waals surface area (Å²) in [5.74, 6) is -0.382. The predicted octanol–water partition coefficient (Wildman–Crippen LogP) is 1.21. The molecule has 0 saturated heterocycles. The van der Waals surface area contributed by atoms with E-state index in [-0.39, 0.29) is 12.6 Å². The Morgan fingerprint density at radius 2 is 2.36 bits per heavy atom. The van der Waals surface area contributed by atoms with Gasteiger partial charge in [0.1, 0.15) is 0 Å². The lowest BCUT2D eigenvalue weighted by Gasteiger charge is -1.96. The smallest absolute Gasteiger partial charge is 0.331 e. The topological polar surface area (TPSA) is 46.5 Å². The van der Waals surface area contributed by atoms with E-state index in [1.54, 1.807) is 6.92 Å². The number of hydrogen-bond acceptors (Lipinski definition) is 3. The normalized spacial score (nSPS) is 11.4. The van der Waals surface area contributed by atoms with E-state index < -0.39 is 0 Å². The van der Waals surface area contributed by atoms with Crippen LogP contribution in [0.3, 0.4) is 0 Å². The lowest BCUT2D eigenvalue weighted by molar-refractivity contribution is -0.137.